The highest BCUT2D eigenvalue weighted by Crippen LogP contribution is 2.36. The number of hydrogen-bond donors (Lipinski definition) is 2. The first-order valence-electron chi connectivity index (χ1n) is 8.47. The number of guanidine groups is 1. The topological polar surface area (TPSA) is 54.9 Å². The lowest BCUT2D eigenvalue weighted by atomic mass is 9.84. The molecule has 0 bridgehead atoms. The van der Waals surface area contributed by atoms with E-state index in [1.54, 1.807) is 7.05 Å². The average molecular weight is 467 g/mol. The van der Waals surface area contributed by atoms with Gasteiger partial charge >= 0.3 is 0 Å². The van der Waals surface area contributed by atoms with Crippen LogP contribution >= 0.6 is 24.0 Å². The molecular formula is C20H26IN3O2. The monoisotopic (exact) mass is 467 g/mol. The van der Waals surface area contributed by atoms with Crippen LogP contribution in [0.15, 0.2) is 53.5 Å². The quantitative estimate of drug-likeness (QED) is 0.401. The summed E-state index contributed by atoms with van der Waals surface area (Å²) < 4.78 is 10.9. The standard InChI is InChI=1S/C20H25N3O2.HI/c1-20(2,16-9-10-17-18(11-16)25-14-24-17)13-23-19(21-3)22-12-15-7-5-4-6-8-15;/h4-11H,12-14H2,1-3H3,(H2,21,22,23);1H. The maximum absolute atomic E-state index is 5.49. The Hall–Kier alpha value is -1.96. The molecule has 140 valence electrons. The summed E-state index contributed by atoms with van der Waals surface area (Å²) in [5, 5.41) is 6.76. The summed E-state index contributed by atoms with van der Waals surface area (Å²) in [7, 11) is 1.79. The molecule has 1 aliphatic heterocycles. The molecule has 0 aromatic heterocycles. The van der Waals surface area contributed by atoms with Crippen molar-refractivity contribution in [3.63, 3.8) is 0 Å². The number of nitrogens with zero attached hydrogens (tertiary/aromatic N) is 1. The van der Waals surface area contributed by atoms with Crippen LogP contribution in [0.4, 0.5) is 0 Å². The molecular weight excluding hydrogens is 441 g/mol. The fraction of sp³-hybridized carbons (Fsp3) is 0.350. The van der Waals surface area contributed by atoms with Crippen molar-refractivity contribution in [1.29, 1.82) is 0 Å². The van der Waals surface area contributed by atoms with Gasteiger partial charge in [0.05, 0.1) is 0 Å². The third-order valence-electron chi connectivity index (χ3n) is 4.38. The Morgan fingerprint density at radius 3 is 2.50 bits per heavy atom. The second kappa shape index (κ2) is 9.12. The van der Waals surface area contributed by atoms with E-state index in [1.807, 2.05) is 24.3 Å². The minimum atomic E-state index is -0.0780. The van der Waals surface area contributed by atoms with Gasteiger partial charge in [0.1, 0.15) is 0 Å². The maximum Gasteiger partial charge on any atom is 0.231 e. The predicted octanol–water partition coefficient (Wildman–Crippen LogP) is 3.68. The van der Waals surface area contributed by atoms with Gasteiger partial charge in [-0.2, -0.15) is 0 Å². The smallest absolute Gasteiger partial charge is 0.231 e. The summed E-state index contributed by atoms with van der Waals surface area (Å²) >= 11 is 0. The Balaban J connectivity index is 0.00000243. The highest BCUT2D eigenvalue weighted by Gasteiger charge is 2.24. The van der Waals surface area contributed by atoms with Crippen LogP contribution in [0.3, 0.4) is 0 Å². The number of benzene rings is 2. The largest absolute Gasteiger partial charge is 0.454 e. The van der Waals surface area contributed by atoms with Crippen LogP contribution in [0.25, 0.3) is 0 Å². The summed E-state index contributed by atoms with van der Waals surface area (Å²) in [4.78, 5) is 4.31. The molecule has 0 amide bonds. The molecule has 3 rings (SSSR count). The van der Waals surface area contributed by atoms with E-state index in [1.165, 1.54) is 11.1 Å². The first-order chi connectivity index (χ1) is 12.1. The van der Waals surface area contributed by atoms with E-state index in [0.29, 0.717) is 6.79 Å². The van der Waals surface area contributed by atoms with Crippen LogP contribution in [0, 0.1) is 0 Å². The molecule has 0 saturated heterocycles. The molecule has 2 aromatic carbocycles. The van der Waals surface area contributed by atoms with Crippen LogP contribution < -0.4 is 20.1 Å². The third kappa shape index (κ3) is 5.03. The molecule has 0 saturated carbocycles. The van der Waals surface area contributed by atoms with Crippen molar-refractivity contribution in [3.05, 3.63) is 59.7 Å². The van der Waals surface area contributed by atoms with Crippen LogP contribution in [-0.2, 0) is 12.0 Å². The van der Waals surface area contributed by atoms with E-state index in [4.69, 9.17) is 9.47 Å². The minimum Gasteiger partial charge on any atom is -0.454 e. The molecule has 26 heavy (non-hydrogen) atoms. The predicted molar refractivity (Wildman–Crippen MR) is 116 cm³/mol. The summed E-state index contributed by atoms with van der Waals surface area (Å²) in [5.74, 6) is 2.42. The summed E-state index contributed by atoms with van der Waals surface area (Å²) in [6.45, 7) is 6.18. The summed E-state index contributed by atoms with van der Waals surface area (Å²) in [6, 6.07) is 16.4. The van der Waals surface area contributed by atoms with Gasteiger partial charge in [0, 0.05) is 25.6 Å². The fourth-order valence-electron chi connectivity index (χ4n) is 2.73. The number of rotatable bonds is 5. The minimum absolute atomic E-state index is 0. The lowest BCUT2D eigenvalue weighted by molar-refractivity contribution is 0.174. The van der Waals surface area contributed by atoms with Crippen molar-refractivity contribution in [2.24, 2.45) is 4.99 Å². The van der Waals surface area contributed by atoms with Gasteiger partial charge in [-0.1, -0.05) is 50.2 Å². The maximum atomic E-state index is 5.49. The number of aliphatic imine (C=N–C) groups is 1. The molecule has 0 aliphatic carbocycles. The number of halogens is 1. The van der Waals surface area contributed by atoms with Gasteiger partial charge in [-0.05, 0) is 23.3 Å². The molecule has 0 spiro atoms. The van der Waals surface area contributed by atoms with Crippen LogP contribution in [0.1, 0.15) is 25.0 Å². The zero-order valence-electron chi connectivity index (χ0n) is 15.4. The van der Waals surface area contributed by atoms with Crippen molar-refractivity contribution in [3.8, 4) is 11.5 Å². The van der Waals surface area contributed by atoms with Gasteiger partial charge in [-0.25, -0.2) is 0 Å². The van der Waals surface area contributed by atoms with Crippen LogP contribution in [-0.4, -0.2) is 26.3 Å². The normalized spacial score (nSPS) is 13.1. The summed E-state index contributed by atoms with van der Waals surface area (Å²) in [5.41, 5.74) is 2.34. The zero-order chi connectivity index (χ0) is 17.7. The molecule has 1 aliphatic rings. The van der Waals surface area contributed by atoms with Gasteiger partial charge in [-0.15, -0.1) is 24.0 Å². The Morgan fingerprint density at radius 2 is 1.77 bits per heavy atom. The number of hydrogen-bond acceptors (Lipinski definition) is 3. The Kier molecular flexibility index (Phi) is 7.14. The summed E-state index contributed by atoms with van der Waals surface area (Å²) in [6.07, 6.45) is 0. The van der Waals surface area contributed by atoms with Crippen LogP contribution in [0.2, 0.25) is 0 Å². The molecule has 1 heterocycles. The van der Waals surface area contributed by atoms with Crippen molar-refractivity contribution in [2.75, 3.05) is 20.4 Å². The SMILES string of the molecule is CN=C(NCc1ccccc1)NCC(C)(C)c1ccc2c(c1)OCO2.I. The zero-order valence-corrected chi connectivity index (χ0v) is 17.7. The molecule has 0 unspecified atom stereocenters. The molecule has 2 aromatic rings. The Bertz CT molecular complexity index is 748. The Labute approximate surface area is 172 Å². The fourth-order valence-corrected chi connectivity index (χ4v) is 2.73. The van der Waals surface area contributed by atoms with Gasteiger partial charge in [0.25, 0.3) is 0 Å². The lowest BCUT2D eigenvalue weighted by Crippen LogP contribution is -2.43. The average Bonchev–Trinajstić information content (AvgIpc) is 3.10. The van der Waals surface area contributed by atoms with Gasteiger partial charge in [0.2, 0.25) is 6.79 Å². The van der Waals surface area contributed by atoms with E-state index in [-0.39, 0.29) is 29.4 Å². The van der Waals surface area contributed by atoms with Crippen molar-refractivity contribution < 1.29 is 9.47 Å². The van der Waals surface area contributed by atoms with E-state index >= 15 is 0 Å². The highest BCUT2D eigenvalue weighted by molar-refractivity contribution is 14.0. The molecule has 0 radical (unpaired) electrons. The lowest BCUT2D eigenvalue weighted by Gasteiger charge is -2.27. The Morgan fingerprint density at radius 1 is 1.04 bits per heavy atom. The van der Waals surface area contributed by atoms with Gasteiger partial charge in [-0.3, -0.25) is 4.99 Å². The molecule has 2 N–H and O–H groups in total. The van der Waals surface area contributed by atoms with Gasteiger partial charge < -0.3 is 20.1 Å². The second-order valence-electron chi connectivity index (χ2n) is 6.72. The van der Waals surface area contributed by atoms with Crippen molar-refractivity contribution >= 4 is 29.9 Å². The van der Waals surface area contributed by atoms with Crippen molar-refractivity contribution in [2.45, 2.75) is 25.8 Å². The first-order valence-corrected chi connectivity index (χ1v) is 8.47. The molecule has 0 atom stereocenters. The molecule has 0 fully saturated rings. The van der Waals surface area contributed by atoms with E-state index in [9.17, 15) is 0 Å². The van der Waals surface area contributed by atoms with Gasteiger partial charge in [0.15, 0.2) is 17.5 Å². The number of fused-ring (bicyclic) bond motifs is 1. The molecule has 5 nitrogen and oxygen atoms in total. The van der Waals surface area contributed by atoms with E-state index < -0.39 is 0 Å². The van der Waals surface area contributed by atoms with Crippen molar-refractivity contribution in [1.82, 2.24) is 10.6 Å². The number of ether oxygens (including phenoxy) is 2. The highest BCUT2D eigenvalue weighted by atomic mass is 127. The van der Waals surface area contributed by atoms with Crippen LogP contribution in [0.5, 0.6) is 11.5 Å². The number of nitrogens with one attached hydrogen (secondary N) is 2. The molecule has 6 heteroatoms. The third-order valence-corrected chi connectivity index (χ3v) is 4.38. The second-order valence-corrected chi connectivity index (χ2v) is 6.72. The van der Waals surface area contributed by atoms with E-state index in [2.05, 4.69) is 53.7 Å². The first kappa shape index (κ1) is 20.4. The van der Waals surface area contributed by atoms with E-state index in [0.717, 1.165) is 30.5 Å².